The number of carboxylic acid groups (broad SMARTS) is 1. The van der Waals surface area contributed by atoms with E-state index >= 15 is 0 Å². The van der Waals surface area contributed by atoms with Crippen LogP contribution in [-0.4, -0.2) is 43.7 Å². The van der Waals surface area contributed by atoms with Crippen LogP contribution < -0.4 is 34.7 Å². The number of ether oxygens (including phenoxy) is 1. The molecule has 0 N–H and O–H groups in total. The minimum Gasteiger partial charge on any atom is -0.545 e. The average molecular weight is 207 g/mol. The maximum atomic E-state index is 10.2. The van der Waals surface area contributed by atoms with Gasteiger partial charge in [0.05, 0.1) is 19.2 Å². The standard InChI is InChI=1S/C9H15NO3.Na/c1-8(6-9(11)12)7-10-2-4-13-5-3-10;/h6H,2-5,7H2,1H3,(H,11,12);/q;+1/p-1/b8-6+;. The minimum absolute atomic E-state index is 0. The first-order valence-corrected chi connectivity index (χ1v) is 4.37. The van der Waals surface area contributed by atoms with Crippen LogP contribution in [-0.2, 0) is 9.53 Å². The van der Waals surface area contributed by atoms with Crippen molar-refractivity contribution in [2.45, 2.75) is 6.92 Å². The molecule has 0 radical (unpaired) electrons. The second-order valence-electron chi connectivity index (χ2n) is 3.20. The predicted molar refractivity (Wildman–Crippen MR) is 46.0 cm³/mol. The van der Waals surface area contributed by atoms with Gasteiger partial charge in [0.15, 0.2) is 0 Å². The van der Waals surface area contributed by atoms with Gasteiger partial charge in [0.2, 0.25) is 0 Å². The molecule has 14 heavy (non-hydrogen) atoms. The molecule has 74 valence electrons. The molecule has 0 aromatic carbocycles. The van der Waals surface area contributed by atoms with Crippen molar-refractivity contribution in [3.05, 3.63) is 11.6 Å². The maximum Gasteiger partial charge on any atom is 1.00 e. The monoisotopic (exact) mass is 207 g/mol. The summed E-state index contributed by atoms with van der Waals surface area (Å²) in [7, 11) is 0. The molecule has 0 saturated carbocycles. The Balaban J connectivity index is 0.00000169. The van der Waals surface area contributed by atoms with Crippen molar-refractivity contribution in [3.8, 4) is 0 Å². The Morgan fingerprint density at radius 2 is 2.07 bits per heavy atom. The Bertz CT molecular complexity index is 212. The minimum atomic E-state index is -1.12. The summed E-state index contributed by atoms with van der Waals surface area (Å²) < 4.78 is 5.17. The molecule has 1 fully saturated rings. The third-order valence-corrected chi connectivity index (χ3v) is 1.94. The first kappa shape index (κ1) is 14.1. The second kappa shape index (κ2) is 7.43. The van der Waals surface area contributed by atoms with E-state index in [9.17, 15) is 9.90 Å². The zero-order valence-corrected chi connectivity index (χ0v) is 10.8. The fourth-order valence-electron chi connectivity index (χ4n) is 1.36. The number of carboxylic acids is 1. The Kier molecular flexibility index (Phi) is 7.49. The zero-order valence-electron chi connectivity index (χ0n) is 8.78. The molecular weight excluding hydrogens is 193 g/mol. The summed E-state index contributed by atoms with van der Waals surface area (Å²) in [4.78, 5) is 12.4. The first-order valence-electron chi connectivity index (χ1n) is 4.37. The van der Waals surface area contributed by atoms with Gasteiger partial charge in [-0.2, -0.15) is 0 Å². The third kappa shape index (κ3) is 5.78. The van der Waals surface area contributed by atoms with Crippen LogP contribution >= 0.6 is 0 Å². The largest absolute Gasteiger partial charge is 1.00 e. The first-order chi connectivity index (χ1) is 6.18. The Hall–Kier alpha value is 0.130. The number of rotatable bonds is 3. The summed E-state index contributed by atoms with van der Waals surface area (Å²) in [6.45, 7) is 5.70. The van der Waals surface area contributed by atoms with E-state index in [-0.39, 0.29) is 29.6 Å². The summed E-state index contributed by atoms with van der Waals surface area (Å²) in [6, 6.07) is 0. The van der Waals surface area contributed by atoms with Crippen LogP contribution in [0, 0.1) is 0 Å². The predicted octanol–water partition coefficient (Wildman–Crippen LogP) is -3.98. The second-order valence-corrected chi connectivity index (χ2v) is 3.20. The van der Waals surface area contributed by atoms with E-state index in [1.807, 2.05) is 0 Å². The molecule has 0 bridgehead atoms. The number of hydrogen-bond acceptors (Lipinski definition) is 4. The number of hydrogen-bond donors (Lipinski definition) is 0. The molecule has 0 unspecified atom stereocenters. The summed E-state index contributed by atoms with van der Waals surface area (Å²) >= 11 is 0. The number of aliphatic carboxylic acids is 1. The zero-order chi connectivity index (χ0) is 9.68. The molecule has 0 atom stereocenters. The number of nitrogens with zero attached hydrogens (tertiary/aromatic N) is 1. The van der Waals surface area contributed by atoms with Gasteiger partial charge in [-0.1, -0.05) is 5.57 Å². The number of carbonyl (C=O) groups is 1. The fraction of sp³-hybridized carbons (Fsp3) is 0.667. The summed E-state index contributed by atoms with van der Waals surface area (Å²) in [5, 5.41) is 10.2. The molecule has 1 heterocycles. The van der Waals surface area contributed by atoms with Crippen molar-refractivity contribution in [1.29, 1.82) is 0 Å². The molecule has 1 aliphatic rings. The van der Waals surface area contributed by atoms with Crippen LogP contribution in [0.5, 0.6) is 0 Å². The van der Waals surface area contributed by atoms with Crippen molar-refractivity contribution in [2.75, 3.05) is 32.8 Å². The molecule has 0 amide bonds. The topological polar surface area (TPSA) is 52.6 Å². The van der Waals surface area contributed by atoms with Crippen LogP contribution in [0.25, 0.3) is 0 Å². The normalized spacial score (nSPS) is 18.8. The number of carbonyl (C=O) groups excluding carboxylic acids is 1. The maximum absolute atomic E-state index is 10.2. The molecule has 0 spiro atoms. The Labute approximate surface area is 106 Å². The van der Waals surface area contributed by atoms with Crippen molar-refractivity contribution in [1.82, 2.24) is 4.90 Å². The Morgan fingerprint density at radius 3 is 2.57 bits per heavy atom. The van der Waals surface area contributed by atoms with Crippen LogP contribution in [0.1, 0.15) is 6.92 Å². The van der Waals surface area contributed by atoms with Gasteiger partial charge in [-0.3, -0.25) is 4.90 Å². The van der Waals surface area contributed by atoms with Crippen molar-refractivity contribution >= 4 is 5.97 Å². The van der Waals surface area contributed by atoms with Crippen molar-refractivity contribution in [2.24, 2.45) is 0 Å². The van der Waals surface area contributed by atoms with Crippen molar-refractivity contribution < 1.29 is 44.2 Å². The van der Waals surface area contributed by atoms with Crippen molar-refractivity contribution in [3.63, 3.8) is 0 Å². The molecule has 0 aromatic rings. The molecule has 0 aliphatic carbocycles. The van der Waals surface area contributed by atoms with Gasteiger partial charge >= 0.3 is 29.6 Å². The van der Waals surface area contributed by atoms with E-state index in [1.54, 1.807) is 6.92 Å². The number of morpholine rings is 1. The van der Waals surface area contributed by atoms with E-state index in [4.69, 9.17) is 4.74 Å². The van der Waals surface area contributed by atoms with Crippen LogP contribution in [0.15, 0.2) is 11.6 Å². The van der Waals surface area contributed by atoms with Gasteiger partial charge < -0.3 is 14.6 Å². The molecular formula is C9H14NNaO3. The van der Waals surface area contributed by atoms with Gasteiger partial charge in [0.25, 0.3) is 0 Å². The van der Waals surface area contributed by atoms with Crippen LogP contribution in [0.3, 0.4) is 0 Å². The van der Waals surface area contributed by atoms with Crippen LogP contribution in [0.4, 0.5) is 0 Å². The smallest absolute Gasteiger partial charge is 0.545 e. The quantitative estimate of drug-likeness (QED) is 0.350. The average Bonchev–Trinajstić information content (AvgIpc) is 2.04. The van der Waals surface area contributed by atoms with Crippen LogP contribution in [0.2, 0.25) is 0 Å². The summed E-state index contributed by atoms with van der Waals surface area (Å²) in [5.74, 6) is -1.12. The molecule has 0 aromatic heterocycles. The molecule has 1 aliphatic heterocycles. The third-order valence-electron chi connectivity index (χ3n) is 1.94. The van der Waals surface area contributed by atoms with Gasteiger partial charge in [-0.15, -0.1) is 0 Å². The van der Waals surface area contributed by atoms with E-state index in [1.165, 1.54) is 0 Å². The molecule has 5 heteroatoms. The van der Waals surface area contributed by atoms with Gasteiger partial charge in [0.1, 0.15) is 0 Å². The molecule has 1 rings (SSSR count). The molecule has 1 saturated heterocycles. The Morgan fingerprint density at radius 1 is 1.50 bits per heavy atom. The van der Waals surface area contributed by atoms with Gasteiger partial charge in [-0.05, 0) is 13.0 Å². The van der Waals surface area contributed by atoms with E-state index in [2.05, 4.69) is 4.90 Å². The van der Waals surface area contributed by atoms with E-state index < -0.39 is 5.97 Å². The summed E-state index contributed by atoms with van der Waals surface area (Å²) in [5.41, 5.74) is 0.821. The van der Waals surface area contributed by atoms with Gasteiger partial charge in [-0.25, -0.2) is 0 Å². The van der Waals surface area contributed by atoms with Gasteiger partial charge in [0, 0.05) is 19.6 Å². The SMILES string of the molecule is C/C(=C\C(=O)[O-])CN1CCOCC1.[Na+]. The molecule has 4 nitrogen and oxygen atoms in total. The summed E-state index contributed by atoms with van der Waals surface area (Å²) in [6.07, 6.45) is 1.15. The fourth-order valence-corrected chi connectivity index (χ4v) is 1.36. The van der Waals surface area contributed by atoms with E-state index in [0.717, 1.165) is 38.0 Å². The van der Waals surface area contributed by atoms with E-state index in [0.29, 0.717) is 6.54 Å².